The Morgan fingerprint density at radius 3 is 2.06 bits per heavy atom. The van der Waals surface area contributed by atoms with Crippen LogP contribution in [0.4, 0.5) is 24.5 Å². The molecule has 6 atom stereocenters. The molecule has 4 aliphatic rings. The van der Waals surface area contributed by atoms with Gasteiger partial charge in [0.05, 0.1) is 34.5 Å². The fourth-order valence-electron chi connectivity index (χ4n) is 8.92. The maximum atomic E-state index is 14.5. The third-order valence-corrected chi connectivity index (χ3v) is 11.3. The maximum absolute atomic E-state index is 14.5. The Hall–Kier alpha value is -6.04. The monoisotopic (exact) mass is 720 g/mol. The molecule has 4 aromatic carbocycles. The van der Waals surface area contributed by atoms with Gasteiger partial charge in [0.2, 0.25) is 23.6 Å². The number of para-hydroxylation sites is 1. The van der Waals surface area contributed by atoms with Gasteiger partial charge in [0.1, 0.15) is 11.5 Å². The standard InChI is InChI=1S/C41H31F3N2O7/c1-40-31(37(50)46(39(40)52)24-10-6-3-7-11-24)21-29-27(34(40)30-20-26(16-19-32(30)47)53-41(42,43)44)17-18-28-33(29)38(51)45(36(28)49)25-14-12-23(13-15-25)35(48)22-8-4-2-5-9-22/h2-17,19-20,28-29,31,33-34,47H,18,21H2,1H3/t28-,29+,31-,33-,34+,40+/m0/s1. The van der Waals surface area contributed by atoms with Gasteiger partial charge < -0.3 is 9.84 Å². The molecular weight excluding hydrogens is 689 g/mol. The molecule has 4 amide bonds. The number of alkyl halides is 3. The molecule has 9 nitrogen and oxygen atoms in total. The Bertz CT molecular complexity index is 2220. The van der Waals surface area contributed by atoms with Crippen molar-refractivity contribution in [2.24, 2.45) is 29.1 Å². The first-order valence-corrected chi connectivity index (χ1v) is 17.1. The van der Waals surface area contributed by atoms with Crippen molar-refractivity contribution in [1.82, 2.24) is 0 Å². The zero-order chi connectivity index (χ0) is 37.4. The van der Waals surface area contributed by atoms with Gasteiger partial charge in [-0.15, -0.1) is 13.2 Å². The summed E-state index contributed by atoms with van der Waals surface area (Å²) in [6, 6.07) is 26.0. The number of carbonyl (C=O) groups is 5. The number of benzene rings is 4. The van der Waals surface area contributed by atoms with Crippen molar-refractivity contribution < 1.29 is 47.0 Å². The van der Waals surface area contributed by atoms with Gasteiger partial charge in [-0.1, -0.05) is 60.2 Å². The zero-order valence-electron chi connectivity index (χ0n) is 28.1. The number of carbonyl (C=O) groups excluding carboxylic acids is 5. The van der Waals surface area contributed by atoms with Crippen molar-refractivity contribution in [2.45, 2.75) is 32.0 Å². The van der Waals surface area contributed by atoms with Gasteiger partial charge in [0, 0.05) is 22.6 Å². The number of phenolic OH excluding ortho intramolecular Hbond substituents is 1. The average molecular weight is 721 g/mol. The number of rotatable bonds is 6. The molecule has 0 unspecified atom stereocenters. The van der Waals surface area contributed by atoms with Crippen molar-refractivity contribution in [3.05, 3.63) is 131 Å². The van der Waals surface area contributed by atoms with Crippen LogP contribution in [-0.4, -0.2) is 40.9 Å². The number of ether oxygens (including phenoxy) is 1. The van der Waals surface area contributed by atoms with Crippen LogP contribution in [0.3, 0.4) is 0 Å². The van der Waals surface area contributed by atoms with Gasteiger partial charge in [0.25, 0.3) is 0 Å². The molecule has 12 heteroatoms. The van der Waals surface area contributed by atoms with Crippen molar-refractivity contribution in [1.29, 1.82) is 0 Å². The second-order valence-electron chi connectivity index (χ2n) is 14.0. The minimum atomic E-state index is -5.05. The lowest BCUT2D eigenvalue weighted by atomic mass is 9.51. The SMILES string of the molecule is C[C@@]12C(=O)N(c3ccccc3)C(=O)[C@@H]1C[C@@H]1C(=CC[C@@H]3C(=O)N(c4ccc(C(=O)c5ccccc5)cc4)C(=O)[C@@H]31)[C@@H]2c1cc(OC(F)(F)F)ccc1O. The quantitative estimate of drug-likeness (QED) is 0.130. The molecule has 2 aliphatic carbocycles. The van der Waals surface area contributed by atoms with E-state index >= 15 is 0 Å². The molecule has 0 bridgehead atoms. The third-order valence-electron chi connectivity index (χ3n) is 11.3. The number of fused-ring (bicyclic) bond motifs is 4. The summed E-state index contributed by atoms with van der Waals surface area (Å²) in [5.74, 6) is -8.24. The first-order chi connectivity index (χ1) is 25.3. The van der Waals surface area contributed by atoms with Gasteiger partial charge >= 0.3 is 6.36 Å². The lowest BCUT2D eigenvalue weighted by molar-refractivity contribution is -0.274. The van der Waals surface area contributed by atoms with Gasteiger partial charge in [-0.25, -0.2) is 4.90 Å². The predicted molar refractivity (Wildman–Crippen MR) is 185 cm³/mol. The molecule has 3 fully saturated rings. The molecule has 4 aromatic rings. The molecule has 0 aromatic heterocycles. The molecule has 2 aliphatic heterocycles. The van der Waals surface area contributed by atoms with Crippen LogP contribution < -0.4 is 14.5 Å². The van der Waals surface area contributed by atoms with Gasteiger partial charge in [-0.3, -0.25) is 28.9 Å². The van der Waals surface area contributed by atoms with E-state index < -0.39 is 76.5 Å². The Labute approximate surface area is 301 Å². The van der Waals surface area contributed by atoms with E-state index in [1.807, 2.05) is 0 Å². The molecule has 0 radical (unpaired) electrons. The van der Waals surface area contributed by atoms with Crippen LogP contribution in [0.1, 0.15) is 47.2 Å². The Morgan fingerprint density at radius 1 is 0.774 bits per heavy atom. The van der Waals surface area contributed by atoms with Crippen LogP contribution in [-0.2, 0) is 19.2 Å². The number of halogens is 3. The summed E-state index contributed by atoms with van der Waals surface area (Å²) < 4.78 is 44.3. The average Bonchev–Trinajstić information content (AvgIpc) is 3.51. The maximum Gasteiger partial charge on any atom is 0.573 e. The topological polar surface area (TPSA) is 121 Å². The highest BCUT2D eigenvalue weighted by Gasteiger charge is 2.68. The molecule has 8 rings (SSSR count). The van der Waals surface area contributed by atoms with Crippen molar-refractivity contribution in [2.75, 3.05) is 9.80 Å². The lowest BCUT2D eigenvalue weighted by Gasteiger charge is -2.49. The molecule has 1 N–H and O–H groups in total. The normalized spacial score (nSPS) is 26.6. The Balaban J connectivity index is 1.20. The van der Waals surface area contributed by atoms with Crippen LogP contribution >= 0.6 is 0 Å². The highest BCUT2D eigenvalue weighted by atomic mass is 19.4. The van der Waals surface area contributed by atoms with E-state index in [0.717, 1.165) is 28.0 Å². The molecule has 268 valence electrons. The summed E-state index contributed by atoms with van der Waals surface area (Å²) >= 11 is 0. The summed E-state index contributed by atoms with van der Waals surface area (Å²) in [7, 11) is 0. The molecule has 2 heterocycles. The number of hydrogen-bond acceptors (Lipinski definition) is 7. The number of hydrogen-bond donors (Lipinski definition) is 1. The first kappa shape index (κ1) is 34.1. The Morgan fingerprint density at radius 2 is 1.40 bits per heavy atom. The van der Waals surface area contributed by atoms with Crippen LogP contribution in [0.15, 0.2) is 115 Å². The van der Waals surface area contributed by atoms with E-state index in [2.05, 4.69) is 4.74 Å². The van der Waals surface area contributed by atoms with Gasteiger partial charge in [-0.2, -0.15) is 0 Å². The predicted octanol–water partition coefficient (Wildman–Crippen LogP) is 6.96. The minimum absolute atomic E-state index is 0.00475. The van der Waals surface area contributed by atoms with Crippen molar-refractivity contribution in [3.63, 3.8) is 0 Å². The second-order valence-corrected chi connectivity index (χ2v) is 14.0. The number of nitrogens with zero attached hydrogens (tertiary/aromatic N) is 2. The largest absolute Gasteiger partial charge is 0.573 e. The summed E-state index contributed by atoms with van der Waals surface area (Å²) in [6.07, 6.45) is -3.24. The fourth-order valence-corrected chi connectivity index (χ4v) is 8.92. The van der Waals surface area contributed by atoms with Gasteiger partial charge in [-0.05, 0) is 80.3 Å². The number of ketones is 1. The van der Waals surface area contributed by atoms with E-state index in [4.69, 9.17) is 0 Å². The second kappa shape index (κ2) is 12.3. The van der Waals surface area contributed by atoms with Crippen molar-refractivity contribution in [3.8, 4) is 11.5 Å². The highest BCUT2D eigenvalue weighted by molar-refractivity contribution is 6.25. The van der Waals surface area contributed by atoms with E-state index in [1.54, 1.807) is 85.8 Å². The van der Waals surface area contributed by atoms with E-state index in [-0.39, 0.29) is 29.9 Å². The van der Waals surface area contributed by atoms with Crippen LogP contribution in [0.2, 0.25) is 0 Å². The summed E-state index contributed by atoms with van der Waals surface area (Å²) in [6.45, 7) is 1.57. The molecule has 53 heavy (non-hydrogen) atoms. The summed E-state index contributed by atoms with van der Waals surface area (Å²) in [5.41, 5.74) is 0.211. The van der Waals surface area contributed by atoms with Crippen LogP contribution in [0.25, 0.3) is 0 Å². The highest BCUT2D eigenvalue weighted by Crippen LogP contribution is 2.64. The molecule has 1 saturated carbocycles. The van der Waals surface area contributed by atoms with E-state index in [0.29, 0.717) is 22.4 Å². The van der Waals surface area contributed by atoms with Gasteiger partial charge in [0.15, 0.2) is 5.78 Å². The van der Waals surface area contributed by atoms with Crippen LogP contribution in [0, 0.1) is 29.1 Å². The molecule has 0 spiro atoms. The number of allylic oxidation sites excluding steroid dienone is 2. The van der Waals surface area contributed by atoms with E-state index in [1.165, 1.54) is 12.1 Å². The lowest BCUT2D eigenvalue weighted by Crippen LogP contribution is -2.49. The molecule has 2 saturated heterocycles. The summed E-state index contributed by atoms with van der Waals surface area (Å²) in [4.78, 5) is 72.5. The van der Waals surface area contributed by atoms with Crippen molar-refractivity contribution >= 4 is 40.8 Å². The minimum Gasteiger partial charge on any atom is -0.508 e. The summed E-state index contributed by atoms with van der Waals surface area (Å²) in [5, 5.41) is 11.2. The zero-order valence-corrected chi connectivity index (χ0v) is 28.1. The smallest absolute Gasteiger partial charge is 0.508 e. The number of aromatic hydroxyl groups is 1. The molecular formula is C41H31F3N2O7. The number of phenols is 1. The number of amides is 4. The number of anilines is 2. The van der Waals surface area contributed by atoms with Crippen LogP contribution in [0.5, 0.6) is 11.5 Å². The number of imide groups is 2. The fraction of sp³-hybridized carbons (Fsp3) is 0.244. The third kappa shape index (κ3) is 5.34. The Kier molecular flexibility index (Phi) is 7.90. The van der Waals surface area contributed by atoms with E-state index in [9.17, 15) is 42.3 Å². The first-order valence-electron chi connectivity index (χ1n) is 17.1.